The average Bonchev–Trinajstić information content (AvgIpc) is 3.09. The Morgan fingerprint density at radius 1 is 1.32 bits per heavy atom. The van der Waals surface area contributed by atoms with E-state index in [1.54, 1.807) is 37.4 Å². The van der Waals surface area contributed by atoms with Crippen LogP contribution < -0.4 is 9.47 Å². The first-order valence-electron chi connectivity index (χ1n) is 10.0. The zero-order valence-electron chi connectivity index (χ0n) is 18.2. The van der Waals surface area contributed by atoms with Crippen LogP contribution >= 0.6 is 12.6 Å². The van der Waals surface area contributed by atoms with Crippen LogP contribution in [0.4, 0.5) is 0 Å². The molecule has 0 aromatic heterocycles. The summed E-state index contributed by atoms with van der Waals surface area (Å²) in [5.74, 6) is -0.317. The fraction of sp³-hybridized carbons (Fsp3) is 0.435. The van der Waals surface area contributed by atoms with Gasteiger partial charge in [-0.05, 0) is 24.6 Å². The van der Waals surface area contributed by atoms with Crippen molar-refractivity contribution in [2.24, 2.45) is 5.92 Å². The third-order valence-corrected chi connectivity index (χ3v) is 5.84. The minimum Gasteiger partial charge on any atom is -0.486 e. The monoisotopic (exact) mass is 443 g/mol. The van der Waals surface area contributed by atoms with E-state index in [0.717, 1.165) is 0 Å². The smallest absolute Gasteiger partial charge is 0.258 e. The normalized spacial score (nSPS) is 22.4. The molecule has 1 aromatic carbocycles. The fourth-order valence-corrected chi connectivity index (χ4v) is 4.39. The second-order valence-corrected chi connectivity index (χ2v) is 8.05. The van der Waals surface area contributed by atoms with E-state index in [4.69, 9.17) is 9.47 Å². The van der Waals surface area contributed by atoms with E-state index in [2.05, 4.69) is 31.9 Å². The third-order valence-electron chi connectivity index (χ3n) is 5.25. The lowest BCUT2D eigenvalue weighted by atomic mass is 9.94. The molecule has 1 fully saturated rings. The summed E-state index contributed by atoms with van der Waals surface area (Å²) >= 11 is 4.66. The number of benzene rings is 1. The fourth-order valence-electron chi connectivity index (χ4n) is 3.76. The molecule has 0 spiro atoms. The molecule has 8 heteroatoms. The highest BCUT2D eigenvalue weighted by Gasteiger charge is 2.56. The third kappa shape index (κ3) is 4.88. The molecule has 3 atom stereocenters. The van der Waals surface area contributed by atoms with Crippen molar-refractivity contribution in [3.8, 4) is 17.6 Å². The molecule has 1 heterocycles. The first kappa shape index (κ1) is 24.4. The van der Waals surface area contributed by atoms with Crippen molar-refractivity contribution in [2.45, 2.75) is 31.2 Å². The van der Waals surface area contributed by atoms with Gasteiger partial charge in [0.25, 0.3) is 5.91 Å². The molecule has 1 aliphatic heterocycles. The molecule has 0 bridgehead atoms. The summed E-state index contributed by atoms with van der Waals surface area (Å²) in [6.45, 7) is 11.5. The molecule has 7 nitrogen and oxygen atoms in total. The standard InChI is InChI=1S/C23H29N3O4S/c1-6-11-29-19-10-9-17(13-20(19)30-12-7-2)21-18(15-24)14-23(31,26(21)16(4)27)22(28)25(5)8-3/h6-7,9-10,13,18,21,31H,1-2,8,11-12,14H2,3-5H3. The van der Waals surface area contributed by atoms with Crippen LogP contribution in [-0.2, 0) is 9.59 Å². The molecule has 31 heavy (non-hydrogen) atoms. The van der Waals surface area contributed by atoms with E-state index in [9.17, 15) is 14.9 Å². The Balaban J connectivity index is 2.56. The van der Waals surface area contributed by atoms with E-state index >= 15 is 0 Å². The Labute approximate surface area is 189 Å². The van der Waals surface area contributed by atoms with Gasteiger partial charge in [0.05, 0.1) is 18.0 Å². The molecule has 1 saturated heterocycles. The van der Waals surface area contributed by atoms with Crippen LogP contribution in [0.25, 0.3) is 0 Å². The molecular formula is C23H29N3O4S. The van der Waals surface area contributed by atoms with E-state index in [-0.39, 0.29) is 24.8 Å². The van der Waals surface area contributed by atoms with Crippen LogP contribution in [0, 0.1) is 17.2 Å². The second kappa shape index (κ2) is 10.4. The number of carbonyl (C=O) groups is 2. The molecule has 1 aromatic rings. The van der Waals surface area contributed by atoms with Gasteiger partial charge in [-0.2, -0.15) is 5.26 Å². The highest BCUT2D eigenvalue weighted by molar-refractivity contribution is 7.82. The Morgan fingerprint density at radius 3 is 2.45 bits per heavy atom. The quantitative estimate of drug-likeness (QED) is 0.467. The lowest BCUT2D eigenvalue weighted by Crippen LogP contribution is -2.54. The predicted octanol–water partition coefficient (Wildman–Crippen LogP) is 3.35. The van der Waals surface area contributed by atoms with E-state index < -0.39 is 16.8 Å². The van der Waals surface area contributed by atoms with Gasteiger partial charge in [-0.15, -0.1) is 12.6 Å². The van der Waals surface area contributed by atoms with Gasteiger partial charge in [-0.1, -0.05) is 31.4 Å². The van der Waals surface area contributed by atoms with Crippen LogP contribution in [-0.4, -0.2) is 53.3 Å². The highest BCUT2D eigenvalue weighted by atomic mass is 32.1. The van der Waals surface area contributed by atoms with E-state index in [0.29, 0.717) is 30.2 Å². The number of rotatable bonds is 9. The summed E-state index contributed by atoms with van der Waals surface area (Å²) in [6.07, 6.45) is 3.35. The first-order chi connectivity index (χ1) is 14.7. The lowest BCUT2D eigenvalue weighted by Gasteiger charge is -2.38. The highest BCUT2D eigenvalue weighted by Crippen LogP contribution is 2.50. The summed E-state index contributed by atoms with van der Waals surface area (Å²) in [5, 5.41) is 9.86. The minimum atomic E-state index is -1.41. The van der Waals surface area contributed by atoms with Crippen molar-refractivity contribution in [3.05, 3.63) is 49.1 Å². The topological polar surface area (TPSA) is 82.9 Å². The maximum atomic E-state index is 13.1. The molecule has 1 aliphatic rings. The first-order valence-corrected chi connectivity index (χ1v) is 10.5. The summed E-state index contributed by atoms with van der Waals surface area (Å²) in [5.41, 5.74) is 0.662. The number of likely N-dealkylation sites (tertiary alicyclic amines) is 1. The molecule has 3 unspecified atom stereocenters. The van der Waals surface area contributed by atoms with Gasteiger partial charge >= 0.3 is 0 Å². The molecule has 2 amide bonds. The average molecular weight is 444 g/mol. The van der Waals surface area contributed by atoms with Gasteiger partial charge < -0.3 is 19.3 Å². The zero-order chi connectivity index (χ0) is 23.2. The van der Waals surface area contributed by atoms with Crippen molar-refractivity contribution >= 4 is 24.4 Å². The van der Waals surface area contributed by atoms with Gasteiger partial charge in [-0.3, -0.25) is 9.59 Å². The second-order valence-electron chi connectivity index (χ2n) is 7.32. The van der Waals surface area contributed by atoms with Crippen molar-refractivity contribution in [1.29, 1.82) is 5.26 Å². The van der Waals surface area contributed by atoms with Gasteiger partial charge in [-0.25, -0.2) is 0 Å². The van der Waals surface area contributed by atoms with Crippen LogP contribution in [0.1, 0.15) is 31.9 Å². The van der Waals surface area contributed by atoms with Crippen molar-refractivity contribution in [2.75, 3.05) is 26.8 Å². The number of carbonyl (C=O) groups excluding carboxylic acids is 2. The van der Waals surface area contributed by atoms with Crippen LogP contribution in [0.15, 0.2) is 43.5 Å². The van der Waals surface area contributed by atoms with Crippen LogP contribution in [0.5, 0.6) is 11.5 Å². The Morgan fingerprint density at radius 2 is 1.94 bits per heavy atom. The lowest BCUT2D eigenvalue weighted by molar-refractivity contribution is -0.145. The summed E-state index contributed by atoms with van der Waals surface area (Å²) in [6, 6.07) is 6.84. The summed E-state index contributed by atoms with van der Waals surface area (Å²) in [4.78, 5) is 27.3. The van der Waals surface area contributed by atoms with Gasteiger partial charge in [0, 0.05) is 26.9 Å². The SMILES string of the molecule is C=CCOc1ccc(C2C(C#N)CC(S)(C(=O)N(C)CC)N2C(C)=O)cc1OCC=C. The number of hydrogen-bond acceptors (Lipinski definition) is 6. The van der Waals surface area contributed by atoms with Gasteiger partial charge in [0.2, 0.25) is 5.91 Å². The predicted molar refractivity (Wildman–Crippen MR) is 122 cm³/mol. The summed E-state index contributed by atoms with van der Waals surface area (Å²) < 4.78 is 11.4. The van der Waals surface area contributed by atoms with Crippen molar-refractivity contribution in [3.63, 3.8) is 0 Å². The van der Waals surface area contributed by atoms with Gasteiger partial charge in [0.15, 0.2) is 16.4 Å². The Bertz CT molecular complexity index is 897. The van der Waals surface area contributed by atoms with Crippen molar-refractivity contribution < 1.29 is 19.1 Å². The Hall–Kier alpha value is -2.92. The molecule has 0 radical (unpaired) electrons. The Kier molecular flexibility index (Phi) is 8.17. The number of ether oxygens (including phenoxy) is 2. The van der Waals surface area contributed by atoms with E-state index in [1.165, 1.54) is 16.7 Å². The maximum absolute atomic E-state index is 13.1. The molecule has 0 N–H and O–H groups in total. The minimum absolute atomic E-state index is 0.123. The molecule has 0 saturated carbocycles. The number of likely N-dealkylation sites (N-methyl/N-ethyl adjacent to an activating group) is 1. The van der Waals surface area contributed by atoms with Gasteiger partial charge in [0.1, 0.15) is 13.2 Å². The molecule has 0 aliphatic carbocycles. The van der Waals surface area contributed by atoms with Crippen LogP contribution in [0.3, 0.4) is 0 Å². The number of thiol groups is 1. The number of hydrogen-bond donors (Lipinski definition) is 1. The largest absolute Gasteiger partial charge is 0.486 e. The van der Waals surface area contributed by atoms with Crippen molar-refractivity contribution in [1.82, 2.24) is 9.80 Å². The number of nitriles is 1. The maximum Gasteiger partial charge on any atom is 0.258 e. The zero-order valence-corrected chi connectivity index (χ0v) is 19.1. The summed E-state index contributed by atoms with van der Waals surface area (Å²) in [7, 11) is 1.65. The molecular weight excluding hydrogens is 414 g/mol. The van der Waals surface area contributed by atoms with Crippen LogP contribution in [0.2, 0.25) is 0 Å². The number of nitrogens with zero attached hydrogens (tertiary/aromatic N) is 3. The molecule has 166 valence electrons. The molecule has 2 rings (SSSR count). The van der Waals surface area contributed by atoms with E-state index in [1.807, 2.05) is 6.92 Å². The number of amides is 2.